The van der Waals surface area contributed by atoms with Gasteiger partial charge in [-0.2, -0.15) is 0 Å². The maximum Gasteiger partial charge on any atom is 0.227 e. The van der Waals surface area contributed by atoms with Crippen LogP contribution in [0.15, 0.2) is 24.3 Å². The van der Waals surface area contributed by atoms with Crippen LogP contribution in [-0.2, 0) is 11.2 Å². The van der Waals surface area contributed by atoms with Crippen molar-refractivity contribution in [2.24, 2.45) is 11.7 Å². The van der Waals surface area contributed by atoms with E-state index in [1.807, 2.05) is 29.2 Å². The van der Waals surface area contributed by atoms with Crippen molar-refractivity contribution < 1.29 is 4.79 Å². The molecule has 1 fully saturated rings. The second-order valence-corrected chi connectivity index (χ2v) is 6.01. The zero-order valence-corrected chi connectivity index (χ0v) is 12.8. The van der Waals surface area contributed by atoms with Crippen LogP contribution in [0.4, 0.5) is 0 Å². The number of hydrogen-bond acceptors (Lipinski definition) is 2. The third kappa shape index (κ3) is 3.74. The molecule has 4 heteroatoms. The van der Waals surface area contributed by atoms with Crippen LogP contribution in [0, 0.1) is 5.92 Å². The van der Waals surface area contributed by atoms with Crippen molar-refractivity contribution in [3.8, 4) is 0 Å². The van der Waals surface area contributed by atoms with E-state index >= 15 is 0 Å². The van der Waals surface area contributed by atoms with Gasteiger partial charge in [0, 0.05) is 24.2 Å². The molecule has 0 saturated carbocycles. The second-order valence-electron chi connectivity index (χ2n) is 5.58. The van der Waals surface area contributed by atoms with Gasteiger partial charge in [-0.25, -0.2) is 0 Å². The maximum absolute atomic E-state index is 12.5. The summed E-state index contributed by atoms with van der Waals surface area (Å²) in [4.78, 5) is 14.4. The Morgan fingerprint density at radius 1 is 1.40 bits per heavy atom. The predicted molar refractivity (Wildman–Crippen MR) is 82.7 cm³/mol. The van der Waals surface area contributed by atoms with Gasteiger partial charge in [0.25, 0.3) is 0 Å². The molecule has 2 unspecified atom stereocenters. The van der Waals surface area contributed by atoms with E-state index in [2.05, 4.69) is 6.92 Å². The number of benzene rings is 1. The zero-order valence-electron chi connectivity index (χ0n) is 12.0. The summed E-state index contributed by atoms with van der Waals surface area (Å²) >= 11 is 5.86. The zero-order chi connectivity index (χ0) is 14.5. The van der Waals surface area contributed by atoms with Gasteiger partial charge in [0.15, 0.2) is 0 Å². The smallest absolute Gasteiger partial charge is 0.227 e. The molecule has 0 spiro atoms. The third-order valence-electron chi connectivity index (χ3n) is 4.26. The summed E-state index contributed by atoms with van der Waals surface area (Å²) in [5, 5.41) is 0.699. The van der Waals surface area contributed by atoms with Crippen LogP contribution in [0.2, 0.25) is 5.02 Å². The second kappa shape index (κ2) is 7.09. The molecule has 1 aliphatic heterocycles. The number of halogens is 1. The number of piperidine rings is 1. The van der Waals surface area contributed by atoms with Crippen LogP contribution in [0.3, 0.4) is 0 Å². The third-order valence-corrected chi connectivity index (χ3v) is 4.51. The minimum atomic E-state index is 0.178. The molecule has 2 rings (SSSR count). The molecule has 0 aromatic heterocycles. The summed E-state index contributed by atoms with van der Waals surface area (Å²) in [6.45, 7) is 3.61. The van der Waals surface area contributed by atoms with Crippen LogP contribution >= 0.6 is 11.6 Å². The van der Waals surface area contributed by atoms with E-state index in [9.17, 15) is 4.79 Å². The molecular formula is C16H23ClN2O. The minimum absolute atomic E-state index is 0.178. The highest BCUT2D eigenvalue weighted by Crippen LogP contribution is 2.25. The lowest BCUT2D eigenvalue weighted by Gasteiger charge is -2.39. The number of rotatable bonds is 4. The molecule has 1 heterocycles. The van der Waals surface area contributed by atoms with Crippen molar-refractivity contribution >= 4 is 17.5 Å². The van der Waals surface area contributed by atoms with Crippen LogP contribution in [0.25, 0.3) is 0 Å². The van der Waals surface area contributed by atoms with Gasteiger partial charge in [0.1, 0.15) is 0 Å². The van der Waals surface area contributed by atoms with E-state index in [-0.39, 0.29) is 11.9 Å². The van der Waals surface area contributed by atoms with Crippen molar-refractivity contribution in [2.75, 3.05) is 13.1 Å². The quantitative estimate of drug-likeness (QED) is 0.928. The van der Waals surface area contributed by atoms with Gasteiger partial charge in [0.05, 0.1) is 6.42 Å². The van der Waals surface area contributed by atoms with Crippen molar-refractivity contribution in [3.05, 3.63) is 34.9 Å². The Morgan fingerprint density at radius 2 is 2.10 bits per heavy atom. The van der Waals surface area contributed by atoms with Gasteiger partial charge in [-0.3, -0.25) is 4.79 Å². The maximum atomic E-state index is 12.5. The average Bonchev–Trinajstić information content (AvgIpc) is 2.48. The summed E-state index contributed by atoms with van der Waals surface area (Å²) in [6, 6.07) is 7.68. The number of carbonyl (C=O) groups excluding carboxylic acids is 1. The summed E-state index contributed by atoms with van der Waals surface area (Å²) in [5.74, 6) is 0.889. The molecule has 2 atom stereocenters. The minimum Gasteiger partial charge on any atom is -0.338 e. The van der Waals surface area contributed by atoms with Crippen LogP contribution < -0.4 is 5.73 Å². The molecule has 1 aromatic rings. The number of hydrogen-bond donors (Lipinski definition) is 1. The first-order valence-corrected chi connectivity index (χ1v) is 7.75. The first-order valence-electron chi connectivity index (χ1n) is 7.38. The summed E-state index contributed by atoms with van der Waals surface area (Å²) < 4.78 is 0. The van der Waals surface area contributed by atoms with Crippen molar-refractivity contribution in [1.29, 1.82) is 0 Å². The molecule has 110 valence electrons. The largest absolute Gasteiger partial charge is 0.338 e. The SMILES string of the molecule is CCC1CCN(C(=O)Cc2ccc(Cl)cc2)C(CN)C1. The highest BCUT2D eigenvalue weighted by Gasteiger charge is 2.29. The number of nitrogens with two attached hydrogens (primary N) is 1. The van der Waals surface area contributed by atoms with Gasteiger partial charge >= 0.3 is 0 Å². The number of likely N-dealkylation sites (tertiary alicyclic amines) is 1. The Morgan fingerprint density at radius 3 is 2.70 bits per heavy atom. The number of nitrogens with zero attached hydrogens (tertiary/aromatic N) is 1. The van der Waals surface area contributed by atoms with E-state index in [1.54, 1.807) is 0 Å². The van der Waals surface area contributed by atoms with Gasteiger partial charge in [-0.1, -0.05) is 37.1 Å². The molecule has 0 bridgehead atoms. The highest BCUT2D eigenvalue weighted by molar-refractivity contribution is 6.30. The van der Waals surface area contributed by atoms with Crippen molar-refractivity contribution in [2.45, 2.75) is 38.6 Å². The summed E-state index contributed by atoms with van der Waals surface area (Å²) in [7, 11) is 0. The average molecular weight is 295 g/mol. The van der Waals surface area contributed by atoms with Gasteiger partial charge < -0.3 is 10.6 Å². The fourth-order valence-corrected chi connectivity index (χ4v) is 3.06. The Hall–Kier alpha value is -1.06. The van der Waals surface area contributed by atoms with E-state index in [1.165, 1.54) is 6.42 Å². The lowest BCUT2D eigenvalue weighted by Crippen LogP contribution is -2.50. The van der Waals surface area contributed by atoms with Crippen molar-refractivity contribution in [3.63, 3.8) is 0 Å². The van der Waals surface area contributed by atoms with E-state index in [0.717, 1.165) is 24.9 Å². The monoisotopic (exact) mass is 294 g/mol. The van der Waals surface area contributed by atoms with Crippen LogP contribution in [0.1, 0.15) is 31.7 Å². The molecule has 20 heavy (non-hydrogen) atoms. The number of carbonyl (C=O) groups is 1. The lowest BCUT2D eigenvalue weighted by molar-refractivity contribution is -0.134. The molecule has 1 aliphatic rings. The fourth-order valence-electron chi connectivity index (χ4n) is 2.94. The molecule has 0 radical (unpaired) electrons. The predicted octanol–water partition coefficient (Wildman–Crippen LogP) is 2.86. The van der Waals surface area contributed by atoms with Crippen LogP contribution in [0.5, 0.6) is 0 Å². The van der Waals surface area contributed by atoms with E-state index in [4.69, 9.17) is 17.3 Å². The molecule has 1 amide bonds. The summed E-state index contributed by atoms with van der Waals surface area (Å²) in [5.41, 5.74) is 6.86. The standard InChI is InChI=1S/C16H23ClN2O/c1-2-12-7-8-19(15(9-12)11-18)16(20)10-13-3-5-14(17)6-4-13/h3-6,12,15H,2,7-11,18H2,1H3. The molecule has 1 saturated heterocycles. The molecule has 1 aromatic carbocycles. The van der Waals surface area contributed by atoms with E-state index < -0.39 is 0 Å². The van der Waals surface area contributed by atoms with Gasteiger partial charge in [-0.15, -0.1) is 0 Å². The Bertz CT molecular complexity index is 446. The molecule has 3 nitrogen and oxygen atoms in total. The molecule has 0 aliphatic carbocycles. The highest BCUT2D eigenvalue weighted by atomic mass is 35.5. The van der Waals surface area contributed by atoms with Gasteiger partial charge in [0.2, 0.25) is 5.91 Å². The Kier molecular flexibility index (Phi) is 5.44. The lowest BCUT2D eigenvalue weighted by atomic mass is 9.88. The first kappa shape index (κ1) is 15.3. The Balaban J connectivity index is 1.99. The Labute approximate surface area is 126 Å². The van der Waals surface area contributed by atoms with Crippen LogP contribution in [-0.4, -0.2) is 29.9 Å². The summed E-state index contributed by atoms with van der Waals surface area (Å²) in [6.07, 6.45) is 3.75. The number of amides is 1. The first-order chi connectivity index (χ1) is 9.63. The van der Waals surface area contributed by atoms with Crippen molar-refractivity contribution in [1.82, 2.24) is 4.90 Å². The van der Waals surface area contributed by atoms with E-state index in [0.29, 0.717) is 23.9 Å². The molecular weight excluding hydrogens is 272 g/mol. The molecule has 2 N–H and O–H groups in total. The fraction of sp³-hybridized carbons (Fsp3) is 0.562. The normalized spacial score (nSPS) is 22.9. The topological polar surface area (TPSA) is 46.3 Å². The van der Waals surface area contributed by atoms with Gasteiger partial charge in [-0.05, 0) is 36.5 Å².